The van der Waals surface area contributed by atoms with Crippen molar-refractivity contribution in [1.82, 2.24) is 14.8 Å². The van der Waals surface area contributed by atoms with Crippen LogP contribution >= 0.6 is 0 Å². The van der Waals surface area contributed by atoms with Crippen LogP contribution in [0.5, 0.6) is 0 Å². The summed E-state index contributed by atoms with van der Waals surface area (Å²) in [7, 11) is 0. The molecule has 0 radical (unpaired) electrons. The number of aromatic nitrogens is 3. The molecule has 4 nitrogen and oxygen atoms in total. The first-order valence-electron chi connectivity index (χ1n) is 5.57. The van der Waals surface area contributed by atoms with Crippen LogP contribution < -0.4 is 5.73 Å². The van der Waals surface area contributed by atoms with Crippen LogP contribution in [0.3, 0.4) is 0 Å². The minimum Gasteiger partial charge on any atom is -0.328 e. The lowest BCUT2D eigenvalue weighted by Gasteiger charge is -2.26. The maximum Gasteiger partial charge on any atom is 0.138 e. The molecule has 1 rings (SSSR count). The topological polar surface area (TPSA) is 56.7 Å². The number of hydrogen-bond acceptors (Lipinski definition) is 3. The predicted octanol–water partition coefficient (Wildman–Crippen LogP) is 1.60. The molecule has 1 aromatic rings. The Morgan fingerprint density at radius 2 is 2.20 bits per heavy atom. The molecule has 0 aliphatic heterocycles. The molecular formula is C11H22N4. The third-order valence-electron chi connectivity index (χ3n) is 2.51. The molecule has 1 unspecified atom stereocenters. The summed E-state index contributed by atoms with van der Waals surface area (Å²) in [6, 6.07) is 0.234. The maximum absolute atomic E-state index is 5.84. The average Bonchev–Trinajstić information content (AvgIpc) is 2.48. The number of aryl methyl sites for hydroxylation is 1. The summed E-state index contributed by atoms with van der Waals surface area (Å²) in [5.41, 5.74) is 6.02. The molecule has 1 atom stereocenters. The average molecular weight is 210 g/mol. The lowest BCUT2D eigenvalue weighted by Crippen LogP contribution is -2.27. The Morgan fingerprint density at radius 3 is 2.73 bits per heavy atom. The Balaban J connectivity index is 2.68. The van der Waals surface area contributed by atoms with E-state index >= 15 is 0 Å². The molecule has 0 saturated heterocycles. The molecule has 0 saturated carbocycles. The smallest absolute Gasteiger partial charge is 0.138 e. The Kier molecular flexibility index (Phi) is 3.85. The van der Waals surface area contributed by atoms with E-state index in [1.807, 2.05) is 11.6 Å². The first kappa shape index (κ1) is 12.2. The Labute approximate surface area is 91.9 Å². The van der Waals surface area contributed by atoms with Gasteiger partial charge in [-0.15, -0.1) is 0 Å². The standard InChI is InChI=1S/C11H22N4/c1-5-15-10(13-8-14-15)7-11(3,4)6-9(2)12/h8-9H,5-7,12H2,1-4H3. The lowest BCUT2D eigenvalue weighted by atomic mass is 9.83. The Bertz CT molecular complexity index is 301. The van der Waals surface area contributed by atoms with Gasteiger partial charge in [0.05, 0.1) is 0 Å². The molecule has 0 bridgehead atoms. The van der Waals surface area contributed by atoms with Gasteiger partial charge in [0.15, 0.2) is 0 Å². The number of rotatable bonds is 5. The molecule has 86 valence electrons. The van der Waals surface area contributed by atoms with E-state index < -0.39 is 0 Å². The van der Waals surface area contributed by atoms with Crippen LogP contribution in [0.25, 0.3) is 0 Å². The van der Waals surface area contributed by atoms with Crippen molar-refractivity contribution in [2.75, 3.05) is 0 Å². The van der Waals surface area contributed by atoms with Crippen molar-refractivity contribution in [2.24, 2.45) is 11.1 Å². The van der Waals surface area contributed by atoms with Crippen LogP contribution in [-0.4, -0.2) is 20.8 Å². The van der Waals surface area contributed by atoms with Gasteiger partial charge in [-0.25, -0.2) is 4.98 Å². The van der Waals surface area contributed by atoms with Crippen molar-refractivity contribution >= 4 is 0 Å². The number of nitrogens with zero attached hydrogens (tertiary/aromatic N) is 3. The van der Waals surface area contributed by atoms with E-state index in [9.17, 15) is 0 Å². The van der Waals surface area contributed by atoms with Crippen molar-refractivity contribution in [1.29, 1.82) is 0 Å². The van der Waals surface area contributed by atoms with Gasteiger partial charge in [0, 0.05) is 19.0 Å². The van der Waals surface area contributed by atoms with Crippen LogP contribution in [0, 0.1) is 5.41 Å². The van der Waals surface area contributed by atoms with E-state index in [0.29, 0.717) is 0 Å². The fraction of sp³-hybridized carbons (Fsp3) is 0.818. The van der Waals surface area contributed by atoms with Crippen molar-refractivity contribution in [3.05, 3.63) is 12.2 Å². The second-order valence-corrected chi connectivity index (χ2v) is 5.01. The van der Waals surface area contributed by atoms with Crippen LogP contribution in [-0.2, 0) is 13.0 Å². The van der Waals surface area contributed by atoms with Crippen molar-refractivity contribution in [2.45, 2.75) is 53.1 Å². The summed E-state index contributed by atoms with van der Waals surface area (Å²) in [6.45, 7) is 9.46. The summed E-state index contributed by atoms with van der Waals surface area (Å²) in [4.78, 5) is 4.29. The summed E-state index contributed by atoms with van der Waals surface area (Å²) in [5.74, 6) is 1.06. The largest absolute Gasteiger partial charge is 0.328 e. The lowest BCUT2D eigenvalue weighted by molar-refractivity contribution is 0.297. The maximum atomic E-state index is 5.84. The molecule has 1 aromatic heterocycles. The second kappa shape index (κ2) is 4.75. The summed E-state index contributed by atoms with van der Waals surface area (Å²) < 4.78 is 1.95. The highest BCUT2D eigenvalue weighted by atomic mass is 15.3. The van der Waals surface area contributed by atoms with Crippen molar-refractivity contribution in [3.63, 3.8) is 0 Å². The zero-order valence-electron chi connectivity index (χ0n) is 10.2. The predicted molar refractivity (Wildman–Crippen MR) is 61.4 cm³/mol. The van der Waals surface area contributed by atoms with Gasteiger partial charge in [-0.2, -0.15) is 5.10 Å². The molecule has 2 N–H and O–H groups in total. The highest BCUT2D eigenvalue weighted by molar-refractivity contribution is 4.91. The molecule has 1 heterocycles. The molecule has 0 amide bonds. The van der Waals surface area contributed by atoms with Crippen LogP contribution in [0.4, 0.5) is 0 Å². The van der Waals surface area contributed by atoms with E-state index in [0.717, 1.165) is 25.2 Å². The second-order valence-electron chi connectivity index (χ2n) is 5.01. The van der Waals surface area contributed by atoms with E-state index in [2.05, 4.69) is 30.9 Å². The van der Waals surface area contributed by atoms with Crippen molar-refractivity contribution < 1.29 is 0 Å². The normalized spacial score (nSPS) is 14.2. The monoisotopic (exact) mass is 210 g/mol. The highest BCUT2D eigenvalue weighted by Gasteiger charge is 2.22. The van der Waals surface area contributed by atoms with E-state index in [-0.39, 0.29) is 11.5 Å². The third-order valence-corrected chi connectivity index (χ3v) is 2.51. The summed E-state index contributed by atoms with van der Waals surface area (Å²) in [6.07, 6.45) is 3.56. The van der Waals surface area contributed by atoms with Gasteiger partial charge in [0.2, 0.25) is 0 Å². The molecule has 0 spiro atoms. The third kappa shape index (κ3) is 3.63. The van der Waals surface area contributed by atoms with E-state index in [1.54, 1.807) is 6.33 Å². The molecule has 0 aromatic carbocycles. The van der Waals surface area contributed by atoms with Crippen LogP contribution in [0.1, 0.15) is 39.9 Å². The van der Waals surface area contributed by atoms with Gasteiger partial charge in [-0.1, -0.05) is 13.8 Å². The molecule has 15 heavy (non-hydrogen) atoms. The minimum absolute atomic E-state index is 0.189. The fourth-order valence-corrected chi connectivity index (χ4v) is 2.06. The van der Waals surface area contributed by atoms with Gasteiger partial charge < -0.3 is 5.73 Å². The molecule has 0 fully saturated rings. The first-order valence-corrected chi connectivity index (χ1v) is 5.57. The number of nitrogens with two attached hydrogens (primary N) is 1. The molecular weight excluding hydrogens is 188 g/mol. The Hall–Kier alpha value is -0.900. The van der Waals surface area contributed by atoms with E-state index in [4.69, 9.17) is 5.73 Å². The quantitative estimate of drug-likeness (QED) is 0.803. The molecule has 0 aliphatic carbocycles. The minimum atomic E-state index is 0.189. The summed E-state index contributed by atoms with van der Waals surface area (Å²) in [5, 5.41) is 4.17. The summed E-state index contributed by atoms with van der Waals surface area (Å²) >= 11 is 0. The number of hydrogen-bond donors (Lipinski definition) is 1. The van der Waals surface area contributed by atoms with Gasteiger partial charge in [-0.3, -0.25) is 4.68 Å². The Morgan fingerprint density at radius 1 is 1.53 bits per heavy atom. The van der Waals surface area contributed by atoms with Crippen molar-refractivity contribution in [3.8, 4) is 0 Å². The SMILES string of the molecule is CCn1ncnc1CC(C)(C)CC(C)N. The fourth-order valence-electron chi connectivity index (χ4n) is 2.06. The molecule has 4 heteroatoms. The highest BCUT2D eigenvalue weighted by Crippen LogP contribution is 2.25. The zero-order chi connectivity index (χ0) is 11.5. The first-order chi connectivity index (χ1) is 6.94. The van der Waals surface area contributed by atoms with Gasteiger partial charge in [-0.05, 0) is 25.7 Å². The van der Waals surface area contributed by atoms with Crippen LogP contribution in [0.2, 0.25) is 0 Å². The van der Waals surface area contributed by atoms with E-state index in [1.165, 1.54) is 0 Å². The van der Waals surface area contributed by atoms with Gasteiger partial charge >= 0.3 is 0 Å². The van der Waals surface area contributed by atoms with Gasteiger partial charge in [0.1, 0.15) is 12.2 Å². The molecule has 0 aliphatic rings. The zero-order valence-corrected chi connectivity index (χ0v) is 10.2. The van der Waals surface area contributed by atoms with Crippen LogP contribution in [0.15, 0.2) is 6.33 Å². The van der Waals surface area contributed by atoms with Gasteiger partial charge in [0.25, 0.3) is 0 Å².